The van der Waals surface area contributed by atoms with Gasteiger partial charge in [0.2, 0.25) is 0 Å². The zero-order valence-corrected chi connectivity index (χ0v) is 15.7. The number of nitrogens with zero attached hydrogens (tertiary/aromatic N) is 3. The van der Waals surface area contributed by atoms with Crippen molar-refractivity contribution in [1.29, 1.82) is 0 Å². The molecule has 3 rings (SSSR count). The van der Waals surface area contributed by atoms with E-state index in [1.807, 2.05) is 61.9 Å². The van der Waals surface area contributed by atoms with Crippen LogP contribution in [0.25, 0.3) is 11.1 Å². The molecule has 1 amide bonds. The summed E-state index contributed by atoms with van der Waals surface area (Å²) in [4.78, 5) is 16.7. The number of hydrogen-bond donors (Lipinski definition) is 1. The third-order valence-electron chi connectivity index (χ3n) is 4.68. The topological polar surface area (TPSA) is 59.8 Å². The minimum absolute atomic E-state index is 0.0816. The lowest BCUT2D eigenvalue weighted by molar-refractivity contribution is 0.0940. The van der Waals surface area contributed by atoms with Gasteiger partial charge in [0.1, 0.15) is 0 Å². The molecule has 5 heteroatoms. The van der Waals surface area contributed by atoms with Gasteiger partial charge in [-0.25, -0.2) is 0 Å². The number of aryl methyl sites for hydroxylation is 2. The maximum atomic E-state index is 12.6. The lowest BCUT2D eigenvalue weighted by atomic mass is 10.0. The van der Waals surface area contributed by atoms with Gasteiger partial charge in [-0.3, -0.25) is 14.5 Å². The predicted octanol–water partition coefficient (Wildman–Crippen LogP) is 4.07. The monoisotopic (exact) mass is 348 g/mol. The van der Waals surface area contributed by atoms with Gasteiger partial charge in [-0.2, -0.15) is 5.10 Å². The summed E-state index contributed by atoms with van der Waals surface area (Å²) in [5.74, 6) is -0.0816. The van der Waals surface area contributed by atoms with Gasteiger partial charge in [0, 0.05) is 35.8 Å². The van der Waals surface area contributed by atoms with Crippen LogP contribution in [0.3, 0.4) is 0 Å². The first kappa shape index (κ1) is 17.9. The molecule has 1 aromatic carbocycles. The van der Waals surface area contributed by atoms with Crippen LogP contribution in [0.1, 0.15) is 47.2 Å². The summed E-state index contributed by atoms with van der Waals surface area (Å²) in [5, 5.41) is 7.62. The number of carbonyl (C=O) groups excluding carboxylic acids is 1. The fourth-order valence-electron chi connectivity index (χ4n) is 3.36. The molecule has 1 unspecified atom stereocenters. The lowest BCUT2D eigenvalue weighted by Crippen LogP contribution is -2.27. The second-order valence-corrected chi connectivity index (χ2v) is 6.41. The molecular weight excluding hydrogens is 324 g/mol. The fraction of sp³-hybridized carbons (Fsp3) is 0.286. The zero-order valence-electron chi connectivity index (χ0n) is 15.7. The van der Waals surface area contributed by atoms with Crippen molar-refractivity contribution in [3.63, 3.8) is 0 Å². The number of rotatable bonds is 5. The van der Waals surface area contributed by atoms with Crippen LogP contribution >= 0.6 is 0 Å². The number of benzene rings is 1. The standard InChI is InChI=1S/C21H24N4O/c1-5-25-16(4)20(15(3)24-25)14(2)23-21(26)19-8-6-17(7-9-19)18-10-12-22-13-11-18/h6-14H,5H2,1-4H3,(H,23,26). The molecule has 2 aromatic heterocycles. The molecule has 0 saturated carbocycles. The molecule has 1 atom stereocenters. The second-order valence-electron chi connectivity index (χ2n) is 6.41. The Morgan fingerprint density at radius 3 is 2.27 bits per heavy atom. The maximum Gasteiger partial charge on any atom is 0.251 e. The highest BCUT2D eigenvalue weighted by Crippen LogP contribution is 2.22. The SMILES string of the molecule is CCn1nc(C)c(C(C)NC(=O)c2ccc(-c3ccncc3)cc2)c1C. The summed E-state index contributed by atoms with van der Waals surface area (Å²) >= 11 is 0. The van der Waals surface area contributed by atoms with E-state index in [0.717, 1.165) is 34.6 Å². The van der Waals surface area contributed by atoms with Crippen molar-refractivity contribution in [3.8, 4) is 11.1 Å². The fourth-order valence-corrected chi connectivity index (χ4v) is 3.36. The molecule has 0 radical (unpaired) electrons. The van der Waals surface area contributed by atoms with E-state index in [1.54, 1.807) is 12.4 Å². The number of hydrogen-bond acceptors (Lipinski definition) is 3. The highest BCUT2D eigenvalue weighted by molar-refractivity contribution is 5.95. The molecule has 0 aliphatic rings. The van der Waals surface area contributed by atoms with Gasteiger partial charge in [-0.15, -0.1) is 0 Å². The van der Waals surface area contributed by atoms with Crippen LogP contribution in [0.5, 0.6) is 0 Å². The maximum absolute atomic E-state index is 12.6. The van der Waals surface area contributed by atoms with E-state index in [2.05, 4.69) is 22.3 Å². The Morgan fingerprint density at radius 2 is 1.69 bits per heavy atom. The Morgan fingerprint density at radius 1 is 1.08 bits per heavy atom. The van der Waals surface area contributed by atoms with Gasteiger partial charge in [0.25, 0.3) is 5.91 Å². The van der Waals surface area contributed by atoms with E-state index < -0.39 is 0 Å². The average Bonchev–Trinajstić information content (AvgIpc) is 2.96. The van der Waals surface area contributed by atoms with E-state index in [1.165, 1.54) is 0 Å². The van der Waals surface area contributed by atoms with E-state index >= 15 is 0 Å². The lowest BCUT2D eigenvalue weighted by Gasteiger charge is -2.15. The predicted molar refractivity (Wildman–Crippen MR) is 103 cm³/mol. The van der Waals surface area contributed by atoms with E-state index in [0.29, 0.717) is 5.56 Å². The molecule has 0 fully saturated rings. The van der Waals surface area contributed by atoms with Crippen LogP contribution in [0.15, 0.2) is 48.8 Å². The highest BCUT2D eigenvalue weighted by atomic mass is 16.1. The molecule has 26 heavy (non-hydrogen) atoms. The first-order valence-corrected chi connectivity index (χ1v) is 8.86. The normalized spacial score (nSPS) is 12.0. The van der Waals surface area contributed by atoms with Crippen LogP contribution in [-0.2, 0) is 6.54 Å². The minimum Gasteiger partial charge on any atom is -0.345 e. The summed E-state index contributed by atoms with van der Waals surface area (Å²) < 4.78 is 1.97. The third kappa shape index (κ3) is 3.52. The van der Waals surface area contributed by atoms with Crippen molar-refractivity contribution < 1.29 is 4.79 Å². The second kappa shape index (κ2) is 7.52. The van der Waals surface area contributed by atoms with Crippen molar-refractivity contribution in [2.24, 2.45) is 0 Å². The molecule has 0 spiro atoms. The third-order valence-corrected chi connectivity index (χ3v) is 4.68. The number of aromatic nitrogens is 3. The van der Waals surface area contributed by atoms with Gasteiger partial charge in [0.15, 0.2) is 0 Å². The smallest absolute Gasteiger partial charge is 0.251 e. The summed E-state index contributed by atoms with van der Waals surface area (Å²) in [7, 11) is 0. The number of amides is 1. The highest BCUT2D eigenvalue weighted by Gasteiger charge is 2.19. The summed E-state index contributed by atoms with van der Waals surface area (Å²) in [6, 6.07) is 11.4. The van der Waals surface area contributed by atoms with Crippen molar-refractivity contribution in [1.82, 2.24) is 20.1 Å². The Hall–Kier alpha value is -2.95. The molecule has 2 heterocycles. The molecule has 5 nitrogen and oxygen atoms in total. The number of pyridine rings is 1. The van der Waals surface area contributed by atoms with Gasteiger partial charge < -0.3 is 5.32 Å². The van der Waals surface area contributed by atoms with Gasteiger partial charge in [0.05, 0.1) is 11.7 Å². The molecule has 0 bridgehead atoms. The molecule has 3 aromatic rings. The Labute approximate surface area is 154 Å². The summed E-state index contributed by atoms with van der Waals surface area (Å²) in [6.07, 6.45) is 3.53. The van der Waals surface area contributed by atoms with Crippen LogP contribution in [-0.4, -0.2) is 20.7 Å². The van der Waals surface area contributed by atoms with E-state index in [9.17, 15) is 4.79 Å². The van der Waals surface area contributed by atoms with Gasteiger partial charge >= 0.3 is 0 Å². The van der Waals surface area contributed by atoms with Crippen molar-refractivity contribution in [2.75, 3.05) is 0 Å². The quantitative estimate of drug-likeness (QED) is 0.756. The van der Waals surface area contributed by atoms with Gasteiger partial charge in [-0.05, 0) is 63.1 Å². The average molecular weight is 348 g/mol. The Kier molecular flexibility index (Phi) is 5.16. The van der Waals surface area contributed by atoms with Crippen molar-refractivity contribution >= 4 is 5.91 Å². The van der Waals surface area contributed by atoms with Crippen LogP contribution in [0.2, 0.25) is 0 Å². The molecular formula is C21H24N4O. The number of carbonyl (C=O) groups is 1. The molecule has 134 valence electrons. The number of nitrogens with one attached hydrogen (secondary N) is 1. The zero-order chi connectivity index (χ0) is 18.7. The van der Waals surface area contributed by atoms with Crippen molar-refractivity contribution in [2.45, 2.75) is 40.3 Å². The minimum atomic E-state index is -0.0947. The first-order valence-electron chi connectivity index (χ1n) is 8.86. The van der Waals surface area contributed by atoms with Crippen LogP contribution in [0.4, 0.5) is 0 Å². The van der Waals surface area contributed by atoms with Crippen LogP contribution in [0, 0.1) is 13.8 Å². The van der Waals surface area contributed by atoms with Crippen LogP contribution < -0.4 is 5.32 Å². The molecule has 0 saturated heterocycles. The summed E-state index contributed by atoms with van der Waals surface area (Å²) in [5.41, 5.74) is 5.95. The van der Waals surface area contributed by atoms with E-state index in [-0.39, 0.29) is 11.9 Å². The van der Waals surface area contributed by atoms with E-state index in [4.69, 9.17) is 0 Å². The summed E-state index contributed by atoms with van der Waals surface area (Å²) in [6.45, 7) is 8.92. The first-order chi connectivity index (χ1) is 12.5. The molecule has 0 aliphatic carbocycles. The molecule has 0 aliphatic heterocycles. The largest absolute Gasteiger partial charge is 0.345 e. The molecule has 1 N–H and O–H groups in total. The van der Waals surface area contributed by atoms with Gasteiger partial charge in [-0.1, -0.05) is 12.1 Å². The Balaban J connectivity index is 1.75. The van der Waals surface area contributed by atoms with Crippen molar-refractivity contribution in [3.05, 3.63) is 71.3 Å². The Bertz CT molecular complexity index is 898.